The summed E-state index contributed by atoms with van der Waals surface area (Å²) in [5, 5.41) is 2.62. The van der Waals surface area contributed by atoms with E-state index < -0.39 is 15.8 Å². The molecule has 30 heavy (non-hydrogen) atoms. The van der Waals surface area contributed by atoms with E-state index in [1.807, 2.05) is 0 Å². The van der Waals surface area contributed by atoms with Crippen LogP contribution in [0.3, 0.4) is 0 Å². The lowest BCUT2D eigenvalue weighted by Gasteiger charge is -2.31. The number of hydrogen-bond donors (Lipinski definition) is 1. The zero-order valence-electron chi connectivity index (χ0n) is 16.5. The quantitative estimate of drug-likeness (QED) is 0.718. The molecule has 3 rings (SSSR count). The van der Waals surface area contributed by atoms with Crippen LogP contribution >= 0.6 is 11.6 Å². The zero-order chi connectivity index (χ0) is 21.9. The number of methoxy groups -OCH3 is 2. The molecule has 0 saturated carbocycles. The number of halogens is 2. The zero-order valence-corrected chi connectivity index (χ0v) is 18.1. The van der Waals surface area contributed by atoms with Gasteiger partial charge in [0.2, 0.25) is 15.9 Å². The summed E-state index contributed by atoms with van der Waals surface area (Å²) in [5.74, 6) is -0.562. The van der Waals surface area contributed by atoms with Crippen LogP contribution < -0.4 is 14.8 Å². The van der Waals surface area contributed by atoms with Gasteiger partial charge in [-0.15, -0.1) is 0 Å². The van der Waals surface area contributed by atoms with Gasteiger partial charge >= 0.3 is 0 Å². The Balaban J connectivity index is 1.68. The number of sulfonamides is 1. The Morgan fingerprint density at radius 2 is 1.83 bits per heavy atom. The lowest BCUT2D eigenvalue weighted by molar-refractivity contribution is -0.120. The highest BCUT2D eigenvalue weighted by atomic mass is 35.5. The minimum absolute atomic E-state index is 0.0215. The van der Waals surface area contributed by atoms with E-state index in [0.717, 1.165) is 0 Å². The first-order valence-corrected chi connectivity index (χ1v) is 11.1. The summed E-state index contributed by atoms with van der Waals surface area (Å²) in [6, 6.07) is 8.52. The number of rotatable bonds is 6. The first-order valence-electron chi connectivity index (χ1n) is 9.24. The Bertz CT molecular complexity index is 1040. The fourth-order valence-corrected chi connectivity index (χ4v) is 5.12. The molecule has 0 aliphatic carbocycles. The van der Waals surface area contributed by atoms with Crippen molar-refractivity contribution >= 4 is 33.2 Å². The summed E-state index contributed by atoms with van der Waals surface area (Å²) < 4.78 is 51.2. The number of benzene rings is 2. The van der Waals surface area contributed by atoms with Crippen LogP contribution in [0.5, 0.6) is 11.5 Å². The highest BCUT2D eigenvalue weighted by molar-refractivity contribution is 7.89. The lowest BCUT2D eigenvalue weighted by atomic mass is 9.97. The largest absolute Gasteiger partial charge is 0.497 e. The average molecular weight is 457 g/mol. The molecule has 1 heterocycles. The van der Waals surface area contributed by atoms with Gasteiger partial charge in [0.15, 0.2) is 0 Å². The van der Waals surface area contributed by atoms with Crippen molar-refractivity contribution in [2.75, 3.05) is 32.6 Å². The SMILES string of the molecule is COc1ccc(OC)c(S(=O)(=O)N2CCC(C(=O)Nc3ccc(F)c(Cl)c3)CC2)c1. The van der Waals surface area contributed by atoms with E-state index >= 15 is 0 Å². The van der Waals surface area contributed by atoms with Crippen molar-refractivity contribution in [1.29, 1.82) is 0 Å². The number of nitrogens with one attached hydrogen (secondary N) is 1. The molecule has 0 unspecified atom stereocenters. The molecule has 1 aliphatic rings. The number of hydrogen-bond acceptors (Lipinski definition) is 5. The molecule has 7 nitrogen and oxygen atoms in total. The first-order chi connectivity index (χ1) is 14.3. The Morgan fingerprint density at radius 1 is 1.13 bits per heavy atom. The molecule has 2 aromatic rings. The molecule has 0 aromatic heterocycles. The second kappa shape index (κ2) is 9.20. The van der Waals surface area contributed by atoms with E-state index in [0.29, 0.717) is 24.3 Å². The van der Waals surface area contributed by atoms with Crippen LogP contribution in [0.25, 0.3) is 0 Å². The number of nitrogens with zero attached hydrogens (tertiary/aromatic N) is 1. The standard InChI is InChI=1S/C20H22ClFN2O5S/c1-28-15-4-6-18(29-2)19(12-15)30(26,27)24-9-7-13(8-10-24)20(25)23-14-3-5-17(22)16(21)11-14/h3-6,11-13H,7-10H2,1-2H3,(H,23,25). The molecular weight excluding hydrogens is 435 g/mol. The first kappa shape index (κ1) is 22.3. The number of carbonyl (C=O) groups is 1. The second-order valence-corrected chi connectivity index (χ2v) is 9.13. The van der Waals surface area contributed by atoms with E-state index in [1.54, 1.807) is 12.1 Å². The molecule has 162 valence electrons. The van der Waals surface area contributed by atoms with E-state index in [2.05, 4.69) is 5.32 Å². The van der Waals surface area contributed by atoms with Crippen LogP contribution in [-0.2, 0) is 14.8 Å². The topological polar surface area (TPSA) is 84.9 Å². The Morgan fingerprint density at radius 3 is 2.43 bits per heavy atom. The normalized spacial score (nSPS) is 15.6. The summed E-state index contributed by atoms with van der Waals surface area (Å²) in [6.07, 6.45) is 0.707. The smallest absolute Gasteiger partial charge is 0.246 e. The molecule has 1 saturated heterocycles. The molecule has 1 aliphatic heterocycles. The number of amides is 1. The van der Waals surface area contributed by atoms with Gasteiger partial charge < -0.3 is 14.8 Å². The Hall–Kier alpha value is -2.36. The van der Waals surface area contributed by atoms with E-state index in [4.69, 9.17) is 21.1 Å². The highest BCUT2D eigenvalue weighted by Gasteiger charge is 2.34. The fraction of sp³-hybridized carbons (Fsp3) is 0.350. The van der Waals surface area contributed by atoms with E-state index in [1.165, 1.54) is 42.8 Å². The fourth-order valence-electron chi connectivity index (χ4n) is 3.30. The number of piperidine rings is 1. The predicted molar refractivity (Wildman–Crippen MR) is 111 cm³/mol. The van der Waals surface area contributed by atoms with Gasteiger partial charge in [0.1, 0.15) is 22.2 Å². The van der Waals surface area contributed by atoms with Gasteiger partial charge in [-0.1, -0.05) is 11.6 Å². The van der Waals surface area contributed by atoms with Gasteiger partial charge in [-0.2, -0.15) is 4.31 Å². The van der Waals surface area contributed by atoms with Crippen molar-refractivity contribution in [3.8, 4) is 11.5 Å². The van der Waals surface area contributed by atoms with Crippen molar-refractivity contribution in [2.24, 2.45) is 5.92 Å². The third kappa shape index (κ3) is 4.69. The van der Waals surface area contributed by atoms with Crippen LogP contribution in [0.1, 0.15) is 12.8 Å². The Kier molecular flexibility index (Phi) is 6.84. The van der Waals surface area contributed by atoms with Crippen molar-refractivity contribution in [3.63, 3.8) is 0 Å². The van der Waals surface area contributed by atoms with Crippen LogP contribution in [0.2, 0.25) is 5.02 Å². The molecular formula is C20H22ClFN2O5S. The summed E-state index contributed by atoms with van der Waals surface area (Å²) in [5.41, 5.74) is 0.391. The minimum Gasteiger partial charge on any atom is -0.497 e. The van der Waals surface area contributed by atoms with Crippen molar-refractivity contribution in [1.82, 2.24) is 4.31 Å². The maximum absolute atomic E-state index is 13.3. The van der Waals surface area contributed by atoms with Crippen molar-refractivity contribution in [2.45, 2.75) is 17.7 Å². The third-order valence-electron chi connectivity index (χ3n) is 5.00. The second-order valence-electron chi connectivity index (χ2n) is 6.81. The van der Waals surface area contributed by atoms with Crippen LogP contribution in [0, 0.1) is 11.7 Å². The van der Waals surface area contributed by atoms with Gasteiger partial charge in [-0.05, 0) is 43.2 Å². The minimum atomic E-state index is -3.82. The van der Waals surface area contributed by atoms with E-state index in [9.17, 15) is 17.6 Å². The molecule has 1 N–H and O–H groups in total. The summed E-state index contributed by atoms with van der Waals surface area (Å²) in [6.45, 7) is 0.371. The maximum atomic E-state index is 13.3. The molecule has 1 fully saturated rings. The monoisotopic (exact) mass is 456 g/mol. The van der Waals surface area contributed by atoms with Gasteiger partial charge in [0, 0.05) is 30.8 Å². The van der Waals surface area contributed by atoms with E-state index in [-0.39, 0.29) is 40.6 Å². The van der Waals surface area contributed by atoms with Crippen LogP contribution in [0.4, 0.5) is 10.1 Å². The number of carbonyl (C=O) groups excluding carboxylic acids is 1. The molecule has 0 radical (unpaired) electrons. The molecule has 0 spiro atoms. The number of anilines is 1. The predicted octanol–water partition coefficient (Wildman–Crippen LogP) is 3.54. The molecule has 2 aromatic carbocycles. The lowest BCUT2D eigenvalue weighted by Crippen LogP contribution is -2.41. The third-order valence-corrected chi connectivity index (χ3v) is 7.21. The van der Waals surface area contributed by atoms with Gasteiger partial charge in [-0.3, -0.25) is 4.79 Å². The van der Waals surface area contributed by atoms with Gasteiger partial charge in [-0.25, -0.2) is 12.8 Å². The van der Waals surface area contributed by atoms with Gasteiger partial charge in [0.25, 0.3) is 0 Å². The van der Waals surface area contributed by atoms with Crippen molar-refractivity contribution < 1.29 is 27.1 Å². The molecule has 0 atom stereocenters. The summed E-state index contributed by atoms with van der Waals surface area (Å²) in [4.78, 5) is 12.5. The van der Waals surface area contributed by atoms with Crippen LogP contribution in [0.15, 0.2) is 41.3 Å². The Labute approximate surface area is 179 Å². The summed E-state index contributed by atoms with van der Waals surface area (Å²) >= 11 is 5.74. The highest BCUT2D eigenvalue weighted by Crippen LogP contribution is 2.33. The maximum Gasteiger partial charge on any atom is 0.246 e. The summed E-state index contributed by atoms with van der Waals surface area (Å²) in [7, 11) is -0.961. The van der Waals surface area contributed by atoms with Crippen LogP contribution in [-0.4, -0.2) is 45.9 Å². The molecule has 10 heteroatoms. The molecule has 1 amide bonds. The van der Waals surface area contributed by atoms with Gasteiger partial charge in [0.05, 0.1) is 19.2 Å². The number of ether oxygens (including phenoxy) is 2. The average Bonchev–Trinajstić information content (AvgIpc) is 2.75. The van der Waals surface area contributed by atoms with Crippen molar-refractivity contribution in [3.05, 3.63) is 47.2 Å². The molecule has 0 bridgehead atoms.